The molecule has 15 heavy (non-hydrogen) atoms. The van der Waals surface area contributed by atoms with Gasteiger partial charge in [-0.2, -0.15) is 0 Å². The first-order valence-corrected chi connectivity index (χ1v) is 7.29. The first-order valence-electron chi connectivity index (χ1n) is 7.29. The Labute approximate surface area is 97.8 Å². The molecule has 0 spiro atoms. The quantitative estimate of drug-likeness (QED) is 0.429. The van der Waals surface area contributed by atoms with E-state index in [0.717, 1.165) is 11.8 Å². The Morgan fingerprint density at radius 3 is 1.47 bits per heavy atom. The minimum Gasteiger partial charge on any atom is -0.0654 e. The molecule has 92 valence electrons. The largest absolute Gasteiger partial charge is 0.0654 e. The molecule has 0 aromatic rings. The van der Waals surface area contributed by atoms with Crippen LogP contribution in [-0.4, -0.2) is 0 Å². The summed E-state index contributed by atoms with van der Waals surface area (Å²) in [5.74, 6) is 2.03. The minimum atomic E-state index is 1.01. The van der Waals surface area contributed by atoms with Crippen molar-refractivity contribution in [1.29, 1.82) is 0 Å². The molecule has 0 nitrogen and oxygen atoms in total. The van der Waals surface area contributed by atoms with Gasteiger partial charge < -0.3 is 0 Å². The first-order chi connectivity index (χ1) is 7.29. The molecule has 0 bridgehead atoms. The molecule has 0 rings (SSSR count). The molecule has 1 unspecified atom stereocenters. The van der Waals surface area contributed by atoms with Crippen molar-refractivity contribution in [2.24, 2.45) is 11.8 Å². The predicted molar refractivity (Wildman–Crippen MR) is 71.2 cm³/mol. The van der Waals surface area contributed by atoms with Gasteiger partial charge in [0.05, 0.1) is 0 Å². The minimum absolute atomic E-state index is 1.01. The fourth-order valence-corrected chi connectivity index (χ4v) is 2.69. The van der Waals surface area contributed by atoms with Crippen LogP contribution < -0.4 is 0 Å². The molecule has 0 heteroatoms. The van der Waals surface area contributed by atoms with E-state index < -0.39 is 0 Å². The van der Waals surface area contributed by atoms with Gasteiger partial charge in [-0.25, -0.2) is 0 Å². The third-order valence-electron chi connectivity index (χ3n) is 3.71. The summed E-state index contributed by atoms with van der Waals surface area (Å²) < 4.78 is 0. The van der Waals surface area contributed by atoms with E-state index >= 15 is 0 Å². The molecule has 0 saturated heterocycles. The van der Waals surface area contributed by atoms with Crippen LogP contribution in [-0.2, 0) is 0 Å². The van der Waals surface area contributed by atoms with Gasteiger partial charge in [0.25, 0.3) is 0 Å². The molecule has 0 aliphatic carbocycles. The van der Waals surface area contributed by atoms with Crippen molar-refractivity contribution in [3.63, 3.8) is 0 Å². The van der Waals surface area contributed by atoms with Crippen LogP contribution in [0.15, 0.2) is 0 Å². The molecule has 0 N–H and O–H groups in total. The van der Waals surface area contributed by atoms with Gasteiger partial charge in [-0.3, -0.25) is 0 Å². The highest BCUT2D eigenvalue weighted by Crippen LogP contribution is 2.30. The van der Waals surface area contributed by atoms with Gasteiger partial charge in [0.15, 0.2) is 0 Å². The Morgan fingerprint density at radius 1 is 0.600 bits per heavy atom. The number of hydrogen-bond acceptors (Lipinski definition) is 0. The van der Waals surface area contributed by atoms with Gasteiger partial charge >= 0.3 is 0 Å². The van der Waals surface area contributed by atoms with E-state index in [2.05, 4.69) is 27.7 Å². The molecule has 0 saturated carbocycles. The molecule has 1 atom stereocenters. The van der Waals surface area contributed by atoms with Crippen LogP contribution in [0.3, 0.4) is 0 Å². The summed E-state index contributed by atoms with van der Waals surface area (Å²) in [6, 6.07) is 0. The van der Waals surface area contributed by atoms with Gasteiger partial charge in [0.1, 0.15) is 0 Å². The second-order valence-corrected chi connectivity index (χ2v) is 5.00. The maximum Gasteiger partial charge on any atom is -0.0386 e. The van der Waals surface area contributed by atoms with E-state index in [1.165, 1.54) is 57.8 Å². The summed E-state index contributed by atoms with van der Waals surface area (Å²) in [4.78, 5) is 0. The van der Waals surface area contributed by atoms with Gasteiger partial charge in [0, 0.05) is 0 Å². The van der Waals surface area contributed by atoms with Gasteiger partial charge in [0.2, 0.25) is 0 Å². The average molecular weight is 212 g/mol. The van der Waals surface area contributed by atoms with Crippen molar-refractivity contribution in [3.05, 3.63) is 0 Å². The molecule has 0 aromatic carbocycles. The Kier molecular flexibility index (Phi) is 10.5. The molecule has 0 radical (unpaired) electrons. The summed E-state index contributed by atoms with van der Waals surface area (Å²) in [6.07, 6.45) is 12.8. The Morgan fingerprint density at radius 2 is 1.13 bits per heavy atom. The lowest BCUT2D eigenvalue weighted by atomic mass is 9.80. The molecule has 0 aliphatic rings. The lowest BCUT2D eigenvalue weighted by Crippen LogP contribution is -2.14. The van der Waals surface area contributed by atoms with Gasteiger partial charge in [-0.1, -0.05) is 85.5 Å². The standard InChI is InChI=1S/C15H32/c1-5-9-12-15(13-10-6-2)14(8-4)11-7-3/h14-15H,5-13H2,1-4H3. The van der Waals surface area contributed by atoms with E-state index in [1.54, 1.807) is 0 Å². The monoisotopic (exact) mass is 212 g/mol. The first kappa shape index (κ1) is 15.0. The van der Waals surface area contributed by atoms with Crippen LogP contribution in [0, 0.1) is 11.8 Å². The molecule has 0 aliphatic heterocycles. The van der Waals surface area contributed by atoms with Crippen molar-refractivity contribution in [2.75, 3.05) is 0 Å². The zero-order valence-corrected chi connectivity index (χ0v) is 11.5. The fraction of sp³-hybridized carbons (Fsp3) is 1.00. The van der Waals surface area contributed by atoms with Crippen molar-refractivity contribution in [3.8, 4) is 0 Å². The second-order valence-electron chi connectivity index (χ2n) is 5.00. The topological polar surface area (TPSA) is 0 Å². The van der Waals surface area contributed by atoms with E-state index in [4.69, 9.17) is 0 Å². The summed E-state index contributed by atoms with van der Waals surface area (Å²) >= 11 is 0. The average Bonchev–Trinajstić information content (AvgIpc) is 2.27. The summed E-state index contributed by atoms with van der Waals surface area (Å²) in [6.45, 7) is 9.35. The Hall–Kier alpha value is 0. The Bertz CT molecular complexity index is 109. The van der Waals surface area contributed by atoms with E-state index in [0.29, 0.717) is 0 Å². The van der Waals surface area contributed by atoms with Crippen molar-refractivity contribution < 1.29 is 0 Å². The SMILES string of the molecule is CCCCC(CCCC)C(CC)CCC. The highest BCUT2D eigenvalue weighted by molar-refractivity contribution is 4.69. The molecule has 0 fully saturated rings. The molecular weight excluding hydrogens is 180 g/mol. The van der Waals surface area contributed by atoms with Gasteiger partial charge in [-0.15, -0.1) is 0 Å². The highest BCUT2D eigenvalue weighted by Gasteiger charge is 2.17. The van der Waals surface area contributed by atoms with Crippen LogP contribution in [0.25, 0.3) is 0 Å². The predicted octanol–water partition coefficient (Wildman–Crippen LogP) is 5.81. The highest BCUT2D eigenvalue weighted by atomic mass is 14.2. The normalized spacial score (nSPS) is 13.4. The van der Waals surface area contributed by atoms with Crippen LogP contribution in [0.2, 0.25) is 0 Å². The van der Waals surface area contributed by atoms with Crippen molar-refractivity contribution in [1.82, 2.24) is 0 Å². The second kappa shape index (κ2) is 10.5. The molecule has 0 heterocycles. The zero-order chi connectivity index (χ0) is 11.5. The summed E-state index contributed by atoms with van der Waals surface area (Å²) in [5, 5.41) is 0. The van der Waals surface area contributed by atoms with Crippen LogP contribution in [0.1, 0.15) is 85.5 Å². The maximum absolute atomic E-state index is 2.38. The molecule has 0 aromatic heterocycles. The lowest BCUT2D eigenvalue weighted by molar-refractivity contribution is 0.257. The van der Waals surface area contributed by atoms with E-state index in [-0.39, 0.29) is 0 Å². The summed E-state index contributed by atoms with van der Waals surface area (Å²) in [5.41, 5.74) is 0. The third-order valence-corrected chi connectivity index (χ3v) is 3.71. The lowest BCUT2D eigenvalue weighted by Gasteiger charge is -2.26. The number of unbranched alkanes of at least 4 members (excludes halogenated alkanes) is 2. The van der Waals surface area contributed by atoms with Crippen LogP contribution >= 0.6 is 0 Å². The smallest absolute Gasteiger partial charge is 0.0386 e. The van der Waals surface area contributed by atoms with Crippen LogP contribution in [0.4, 0.5) is 0 Å². The number of hydrogen-bond donors (Lipinski definition) is 0. The zero-order valence-electron chi connectivity index (χ0n) is 11.5. The Balaban J connectivity index is 4.02. The number of rotatable bonds is 10. The van der Waals surface area contributed by atoms with E-state index in [1.807, 2.05) is 0 Å². The van der Waals surface area contributed by atoms with Crippen LogP contribution in [0.5, 0.6) is 0 Å². The fourth-order valence-electron chi connectivity index (χ4n) is 2.69. The molecular formula is C15H32. The van der Waals surface area contributed by atoms with E-state index in [9.17, 15) is 0 Å². The van der Waals surface area contributed by atoms with Crippen molar-refractivity contribution >= 4 is 0 Å². The molecule has 0 amide bonds. The van der Waals surface area contributed by atoms with Gasteiger partial charge in [-0.05, 0) is 11.8 Å². The maximum atomic E-state index is 2.38. The third kappa shape index (κ3) is 6.98. The van der Waals surface area contributed by atoms with Crippen molar-refractivity contribution in [2.45, 2.75) is 85.5 Å². The summed E-state index contributed by atoms with van der Waals surface area (Å²) in [7, 11) is 0.